The van der Waals surface area contributed by atoms with Gasteiger partial charge in [0.2, 0.25) is 0 Å². The highest BCUT2D eigenvalue weighted by molar-refractivity contribution is 5.98. The molecule has 2 aromatic carbocycles. The topological polar surface area (TPSA) is 81.5 Å². The number of carbonyl (C=O) groups excluding carboxylic acids is 1. The number of ether oxygens (including phenoxy) is 1. The van der Waals surface area contributed by atoms with E-state index in [2.05, 4.69) is 5.32 Å². The molecule has 0 aliphatic carbocycles. The maximum absolute atomic E-state index is 12.2. The fourth-order valence-electron chi connectivity index (χ4n) is 2.12. The number of benzene rings is 2. The number of hydrogen-bond donors (Lipinski definition) is 1. The first kappa shape index (κ1) is 15.7. The number of hydrogen-bond acceptors (Lipinski definition) is 4. The molecule has 1 amide bonds. The second kappa shape index (κ2) is 7.33. The molecule has 0 saturated carbocycles. The van der Waals surface area contributed by atoms with Crippen LogP contribution in [0.3, 0.4) is 0 Å². The number of nitro groups is 1. The monoisotopic (exact) mass is 300 g/mol. The number of amides is 1. The number of carbonyl (C=O) groups is 1. The lowest BCUT2D eigenvalue weighted by Gasteiger charge is -2.10. The minimum absolute atomic E-state index is 0.0525. The SMILES string of the molecule is COCc1ccccc1CNC(=O)c1ccccc1[N+](=O)[O-]. The van der Waals surface area contributed by atoms with Crippen LogP contribution in [-0.2, 0) is 17.9 Å². The van der Waals surface area contributed by atoms with Gasteiger partial charge in [0.05, 0.1) is 11.5 Å². The normalized spacial score (nSPS) is 10.2. The molecule has 6 nitrogen and oxygen atoms in total. The molecule has 0 aromatic heterocycles. The zero-order chi connectivity index (χ0) is 15.9. The maximum Gasteiger partial charge on any atom is 0.282 e. The van der Waals surface area contributed by atoms with Gasteiger partial charge in [0.25, 0.3) is 11.6 Å². The summed E-state index contributed by atoms with van der Waals surface area (Å²) in [6, 6.07) is 13.4. The van der Waals surface area contributed by atoms with Crippen LogP contribution < -0.4 is 5.32 Å². The third-order valence-electron chi connectivity index (χ3n) is 3.20. The molecule has 0 aliphatic rings. The van der Waals surface area contributed by atoms with E-state index in [1.54, 1.807) is 13.2 Å². The van der Waals surface area contributed by atoms with E-state index in [1.165, 1.54) is 18.2 Å². The Morgan fingerprint density at radius 3 is 2.45 bits per heavy atom. The summed E-state index contributed by atoms with van der Waals surface area (Å²) < 4.78 is 5.11. The van der Waals surface area contributed by atoms with Gasteiger partial charge in [0.15, 0.2) is 0 Å². The average Bonchev–Trinajstić information content (AvgIpc) is 2.54. The van der Waals surface area contributed by atoms with Crippen molar-refractivity contribution in [1.29, 1.82) is 0 Å². The maximum atomic E-state index is 12.2. The highest BCUT2D eigenvalue weighted by Crippen LogP contribution is 2.17. The number of rotatable bonds is 6. The lowest BCUT2D eigenvalue weighted by atomic mass is 10.1. The van der Waals surface area contributed by atoms with E-state index in [-0.39, 0.29) is 17.8 Å². The Balaban J connectivity index is 2.13. The van der Waals surface area contributed by atoms with Crippen LogP contribution in [0.1, 0.15) is 21.5 Å². The molecule has 0 heterocycles. The number of methoxy groups -OCH3 is 1. The second-order valence-electron chi connectivity index (χ2n) is 4.66. The zero-order valence-electron chi connectivity index (χ0n) is 12.1. The van der Waals surface area contributed by atoms with Crippen molar-refractivity contribution in [2.24, 2.45) is 0 Å². The van der Waals surface area contributed by atoms with Crippen LogP contribution in [0.25, 0.3) is 0 Å². The van der Waals surface area contributed by atoms with Gasteiger partial charge in [-0.15, -0.1) is 0 Å². The van der Waals surface area contributed by atoms with Crippen molar-refractivity contribution in [1.82, 2.24) is 5.32 Å². The van der Waals surface area contributed by atoms with E-state index in [0.29, 0.717) is 6.61 Å². The minimum atomic E-state index is -0.562. The van der Waals surface area contributed by atoms with E-state index in [4.69, 9.17) is 4.74 Å². The molecule has 22 heavy (non-hydrogen) atoms. The molecule has 0 radical (unpaired) electrons. The summed E-state index contributed by atoms with van der Waals surface area (Å²) in [5, 5.41) is 13.7. The fraction of sp³-hybridized carbons (Fsp3) is 0.188. The van der Waals surface area contributed by atoms with Crippen LogP contribution in [0.15, 0.2) is 48.5 Å². The van der Waals surface area contributed by atoms with E-state index in [9.17, 15) is 14.9 Å². The van der Waals surface area contributed by atoms with Crippen molar-refractivity contribution in [2.75, 3.05) is 7.11 Å². The van der Waals surface area contributed by atoms with E-state index < -0.39 is 10.8 Å². The Hall–Kier alpha value is -2.73. The Morgan fingerprint density at radius 1 is 1.14 bits per heavy atom. The van der Waals surface area contributed by atoms with Gasteiger partial charge >= 0.3 is 0 Å². The Kier molecular flexibility index (Phi) is 5.21. The van der Waals surface area contributed by atoms with Crippen LogP contribution in [0.5, 0.6) is 0 Å². The lowest BCUT2D eigenvalue weighted by molar-refractivity contribution is -0.385. The molecule has 0 bridgehead atoms. The first-order valence-corrected chi connectivity index (χ1v) is 6.71. The molecular weight excluding hydrogens is 284 g/mol. The third kappa shape index (κ3) is 3.67. The summed E-state index contributed by atoms with van der Waals surface area (Å²) in [6.07, 6.45) is 0. The van der Waals surface area contributed by atoms with Gasteiger partial charge in [-0.05, 0) is 17.2 Å². The van der Waals surface area contributed by atoms with Crippen LogP contribution in [0.2, 0.25) is 0 Å². The Labute approximate surface area is 127 Å². The summed E-state index contributed by atoms with van der Waals surface area (Å²) in [5.74, 6) is -0.473. The van der Waals surface area contributed by atoms with Crippen LogP contribution in [-0.4, -0.2) is 17.9 Å². The molecule has 6 heteroatoms. The summed E-state index contributed by atoms with van der Waals surface area (Å²) in [7, 11) is 1.60. The molecule has 114 valence electrons. The number of nitrogens with zero attached hydrogens (tertiary/aromatic N) is 1. The van der Waals surface area contributed by atoms with Crippen LogP contribution >= 0.6 is 0 Å². The first-order chi connectivity index (χ1) is 10.6. The smallest absolute Gasteiger partial charge is 0.282 e. The molecule has 1 N–H and O–H groups in total. The summed E-state index contributed by atoms with van der Waals surface area (Å²) >= 11 is 0. The van der Waals surface area contributed by atoms with Gasteiger partial charge < -0.3 is 10.1 Å². The molecule has 0 fully saturated rings. The van der Waals surface area contributed by atoms with Crippen molar-refractivity contribution in [3.05, 3.63) is 75.3 Å². The highest BCUT2D eigenvalue weighted by Gasteiger charge is 2.18. The van der Waals surface area contributed by atoms with E-state index >= 15 is 0 Å². The van der Waals surface area contributed by atoms with Gasteiger partial charge in [-0.3, -0.25) is 14.9 Å². The summed E-state index contributed by atoms with van der Waals surface area (Å²) in [5.41, 5.74) is 1.73. The highest BCUT2D eigenvalue weighted by atomic mass is 16.6. The van der Waals surface area contributed by atoms with Gasteiger partial charge in [0.1, 0.15) is 5.56 Å². The third-order valence-corrected chi connectivity index (χ3v) is 3.20. The molecule has 0 aliphatic heterocycles. The Morgan fingerprint density at radius 2 is 1.77 bits per heavy atom. The predicted molar refractivity (Wildman–Crippen MR) is 81.4 cm³/mol. The summed E-state index contributed by atoms with van der Waals surface area (Å²) in [6.45, 7) is 0.724. The fourth-order valence-corrected chi connectivity index (χ4v) is 2.12. The van der Waals surface area contributed by atoms with Crippen LogP contribution in [0.4, 0.5) is 5.69 Å². The van der Waals surface area contributed by atoms with Gasteiger partial charge in [-0.25, -0.2) is 0 Å². The van der Waals surface area contributed by atoms with Crippen molar-refractivity contribution in [2.45, 2.75) is 13.2 Å². The molecule has 0 spiro atoms. The number of para-hydroxylation sites is 1. The van der Waals surface area contributed by atoms with Gasteiger partial charge in [0, 0.05) is 19.7 Å². The minimum Gasteiger partial charge on any atom is -0.380 e. The van der Waals surface area contributed by atoms with Gasteiger partial charge in [-0.2, -0.15) is 0 Å². The molecule has 0 unspecified atom stereocenters. The largest absolute Gasteiger partial charge is 0.380 e. The molecule has 0 atom stereocenters. The predicted octanol–water partition coefficient (Wildman–Crippen LogP) is 2.67. The van der Waals surface area contributed by atoms with Crippen LogP contribution in [0, 0.1) is 10.1 Å². The average molecular weight is 300 g/mol. The van der Waals surface area contributed by atoms with E-state index in [0.717, 1.165) is 11.1 Å². The van der Waals surface area contributed by atoms with Crippen molar-refractivity contribution in [3.63, 3.8) is 0 Å². The number of nitrogens with one attached hydrogen (secondary N) is 1. The number of nitro benzene ring substituents is 1. The van der Waals surface area contributed by atoms with Crippen molar-refractivity contribution in [3.8, 4) is 0 Å². The van der Waals surface area contributed by atoms with Crippen molar-refractivity contribution < 1.29 is 14.5 Å². The second-order valence-corrected chi connectivity index (χ2v) is 4.66. The zero-order valence-corrected chi connectivity index (χ0v) is 12.1. The van der Waals surface area contributed by atoms with Gasteiger partial charge in [-0.1, -0.05) is 36.4 Å². The lowest BCUT2D eigenvalue weighted by Crippen LogP contribution is -2.24. The first-order valence-electron chi connectivity index (χ1n) is 6.71. The van der Waals surface area contributed by atoms with Crippen molar-refractivity contribution >= 4 is 11.6 Å². The quantitative estimate of drug-likeness (QED) is 0.657. The standard InChI is InChI=1S/C16H16N2O4/c1-22-11-13-7-3-2-6-12(13)10-17-16(19)14-8-4-5-9-15(14)18(20)21/h2-9H,10-11H2,1H3,(H,17,19). The van der Waals surface area contributed by atoms with E-state index in [1.807, 2.05) is 24.3 Å². The molecule has 2 aromatic rings. The Bertz CT molecular complexity index is 685. The molecule has 2 rings (SSSR count). The summed E-state index contributed by atoms with van der Waals surface area (Å²) in [4.78, 5) is 22.6. The molecular formula is C16H16N2O4. The molecule has 0 saturated heterocycles.